The Morgan fingerprint density at radius 2 is 1.83 bits per heavy atom. The summed E-state index contributed by atoms with van der Waals surface area (Å²) in [5, 5.41) is 2.99. The highest BCUT2D eigenvalue weighted by Crippen LogP contribution is 2.26. The van der Waals surface area contributed by atoms with Gasteiger partial charge in [0.1, 0.15) is 12.3 Å². The molecule has 2 aromatic carbocycles. The highest BCUT2D eigenvalue weighted by Gasteiger charge is 2.28. The number of carbonyl (C=O) groups excluding carboxylic acids is 1. The average Bonchev–Trinajstić information content (AvgIpc) is 2.74. The molecule has 0 unspecified atom stereocenters. The molecule has 3 rings (SSSR count). The van der Waals surface area contributed by atoms with Crippen molar-refractivity contribution in [3.63, 3.8) is 0 Å². The van der Waals surface area contributed by atoms with Gasteiger partial charge in [0.05, 0.1) is 17.7 Å². The Bertz CT molecular complexity index is 926. The predicted octanol–water partition coefficient (Wildman–Crippen LogP) is 2.10. The van der Waals surface area contributed by atoms with Gasteiger partial charge in [-0.25, -0.2) is 8.42 Å². The Labute approximate surface area is 172 Å². The first-order chi connectivity index (χ1) is 13.9. The fraction of sp³-hybridized carbons (Fsp3) is 0.381. The van der Waals surface area contributed by atoms with E-state index < -0.39 is 10.0 Å². The zero-order valence-electron chi connectivity index (χ0n) is 16.7. The minimum Gasteiger partial charge on any atom is -0.497 e. The molecule has 0 radical (unpaired) electrons. The van der Waals surface area contributed by atoms with Crippen molar-refractivity contribution in [1.82, 2.24) is 10.2 Å². The second-order valence-electron chi connectivity index (χ2n) is 7.17. The number of sulfonamides is 1. The van der Waals surface area contributed by atoms with Crippen LogP contribution in [0.15, 0.2) is 59.5 Å². The average molecular weight is 418 g/mol. The highest BCUT2D eigenvalue weighted by molar-refractivity contribution is 7.92. The van der Waals surface area contributed by atoms with Crippen LogP contribution in [0.4, 0.5) is 5.69 Å². The van der Waals surface area contributed by atoms with Gasteiger partial charge in [-0.3, -0.25) is 9.10 Å². The van der Waals surface area contributed by atoms with Crippen molar-refractivity contribution in [1.29, 1.82) is 0 Å². The molecule has 1 amide bonds. The summed E-state index contributed by atoms with van der Waals surface area (Å²) >= 11 is 0. The van der Waals surface area contributed by atoms with Gasteiger partial charge in [-0.05, 0) is 57.2 Å². The smallest absolute Gasteiger partial charge is 0.264 e. The van der Waals surface area contributed by atoms with Crippen LogP contribution in [0.3, 0.4) is 0 Å². The van der Waals surface area contributed by atoms with Crippen molar-refractivity contribution >= 4 is 21.6 Å². The Morgan fingerprint density at radius 1 is 1.14 bits per heavy atom. The molecule has 1 saturated heterocycles. The molecular formula is C21H27N3O4S. The number of nitrogens with zero attached hydrogens (tertiary/aromatic N) is 2. The van der Waals surface area contributed by atoms with Crippen LogP contribution in [-0.4, -0.2) is 59.1 Å². The molecule has 0 spiro atoms. The number of hydrogen-bond acceptors (Lipinski definition) is 5. The van der Waals surface area contributed by atoms with Crippen molar-refractivity contribution in [2.24, 2.45) is 0 Å². The molecule has 0 atom stereocenters. The minimum atomic E-state index is -3.92. The van der Waals surface area contributed by atoms with E-state index in [1.165, 1.54) is 19.2 Å². The molecule has 29 heavy (non-hydrogen) atoms. The zero-order valence-corrected chi connectivity index (χ0v) is 17.6. The van der Waals surface area contributed by atoms with Crippen molar-refractivity contribution in [2.45, 2.75) is 23.8 Å². The summed E-state index contributed by atoms with van der Waals surface area (Å²) in [6, 6.07) is 14.9. The number of nitrogens with one attached hydrogen (secondary N) is 1. The van der Waals surface area contributed by atoms with E-state index in [2.05, 4.69) is 17.3 Å². The molecule has 0 saturated carbocycles. The first kappa shape index (κ1) is 21.1. The van der Waals surface area contributed by atoms with Gasteiger partial charge in [0.15, 0.2) is 0 Å². The maximum absolute atomic E-state index is 13.3. The molecule has 0 aromatic heterocycles. The topological polar surface area (TPSA) is 79.0 Å². The van der Waals surface area contributed by atoms with Crippen molar-refractivity contribution in [3.05, 3.63) is 54.6 Å². The predicted molar refractivity (Wildman–Crippen MR) is 113 cm³/mol. The minimum absolute atomic E-state index is 0.0605. The van der Waals surface area contributed by atoms with Crippen LogP contribution in [-0.2, 0) is 14.8 Å². The number of piperidine rings is 1. The lowest BCUT2D eigenvalue weighted by atomic mass is 10.1. The lowest BCUT2D eigenvalue weighted by molar-refractivity contribution is -0.120. The van der Waals surface area contributed by atoms with E-state index >= 15 is 0 Å². The van der Waals surface area contributed by atoms with E-state index in [0.29, 0.717) is 11.4 Å². The number of anilines is 1. The Balaban J connectivity index is 1.85. The highest BCUT2D eigenvalue weighted by atomic mass is 32.2. The van der Waals surface area contributed by atoms with Crippen LogP contribution >= 0.6 is 0 Å². The first-order valence-corrected chi connectivity index (χ1v) is 11.0. The third-order valence-electron chi connectivity index (χ3n) is 5.04. The van der Waals surface area contributed by atoms with Gasteiger partial charge < -0.3 is 15.0 Å². The molecule has 7 nitrogen and oxygen atoms in total. The van der Waals surface area contributed by atoms with E-state index in [1.54, 1.807) is 42.5 Å². The number of likely N-dealkylation sites (tertiary alicyclic amines) is 1. The third kappa shape index (κ3) is 5.27. The van der Waals surface area contributed by atoms with Crippen LogP contribution in [0.5, 0.6) is 5.75 Å². The summed E-state index contributed by atoms with van der Waals surface area (Å²) in [5.74, 6) is 0.202. The van der Waals surface area contributed by atoms with Crippen LogP contribution in [0.2, 0.25) is 0 Å². The third-order valence-corrected chi connectivity index (χ3v) is 6.83. The summed E-state index contributed by atoms with van der Waals surface area (Å²) in [4.78, 5) is 15.1. The van der Waals surface area contributed by atoms with Gasteiger partial charge in [-0.15, -0.1) is 0 Å². The number of rotatable bonds is 7. The Hall–Kier alpha value is -2.58. The quantitative estimate of drug-likeness (QED) is 0.746. The van der Waals surface area contributed by atoms with Gasteiger partial charge >= 0.3 is 0 Å². The molecule has 0 aliphatic carbocycles. The normalized spacial score (nSPS) is 15.7. The summed E-state index contributed by atoms with van der Waals surface area (Å²) in [7, 11) is -0.349. The second kappa shape index (κ2) is 9.28. The maximum Gasteiger partial charge on any atom is 0.264 e. The molecule has 1 fully saturated rings. The van der Waals surface area contributed by atoms with Crippen molar-refractivity contribution in [3.8, 4) is 5.75 Å². The number of carbonyl (C=O) groups is 1. The van der Waals surface area contributed by atoms with Gasteiger partial charge in [0.2, 0.25) is 5.91 Å². The van der Waals surface area contributed by atoms with Gasteiger partial charge in [-0.2, -0.15) is 0 Å². The largest absolute Gasteiger partial charge is 0.497 e. The Morgan fingerprint density at radius 3 is 2.48 bits per heavy atom. The zero-order chi connectivity index (χ0) is 20.9. The van der Waals surface area contributed by atoms with Crippen LogP contribution < -0.4 is 14.4 Å². The standard InChI is InChI=1S/C21H27N3O4S/c1-23-13-11-17(12-14-23)22-21(25)16-24(18-7-6-8-19(15-18)28-2)29(26,27)20-9-4-3-5-10-20/h3-10,15,17H,11-14,16H2,1-2H3,(H,22,25). The number of ether oxygens (including phenoxy) is 1. The van der Waals surface area contributed by atoms with Gasteiger partial charge in [-0.1, -0.05) is 24.3 Å². The second-order valence-corrected chi connectivity index (χ2v) is 9.03. The van der Waals surface area contributed by atoms with E-state index in [4.69, 9.17) is 4.74 Å². The van der Waals surface area contributed by atoms with Crippen molar-refractivity contribution in [2.75, 3.05) is 38.1 Å². The lowest BCUT2D eigenvalue weighted by Gasteiger charge is -2.30. The van der Waals surface area contributed by atoms with Crippen LogP contribution in [0.1, 0.15) is 12.8 Å². The fourth-order valence-electron chi connectivity index (χ4n) is 3.36. The maximum atomic E-state index is 13.3. The summed E-state index contributed by atoms with van der Waals surface area (Å²) < 4.78 is 33.0. The molecule has 1 aliphatic heterocycles. The van der Waals surface area contributed by atoms with E-state index in [9.17, 15) is 13.2 Å². The fourth-order valence-corrected chi connectivity index (χ4v) is 4.79. The number of methoxy groups -OCH3 is 1. The van der Waals surface area contributed by atoms with Gasteiger partial charge in [0.25, 0.3) is 10.0 Å². The van der Waals surface area contributed by atoms with Crippen LogP contribution in [0.25, 0.3) is 0 Å². The first-order valence-electron chi connectivity index (χ1n) is 9.60. The SMILES string of the molecule is COc1cccc(N(CC(=O)NC2CCN(C)CC2)S(=O)(=O)c2ccccc2)c1. The number of amides is 1. The molecular weight excluding hydrogens is 390 g/mol. The van der Waals surface area contributed by atoms with E-state index in [1.807, 2.05) is 0 Å². The van der Waals surface area contributed by atoms with Gasteiger partial charge in [0, 0.05) is 12.1 Å². The lowest BCUT2D eigenvalue weighted by Crippen LogP contribution is -2.47. The summed E-state index contributed by atoms with van der Waals surface area (Å²) in [6.45, 7) is 1.52. The monoisotopic (exact) mass is 417 g/mol. The van der Waals surface area contributed by atoms with Crippen LogP contribution in [0, 0.1) is 0 Å². The van der Waals surface area contributed by atoms with Crippen molar-refractivity contribution < 1.29 is 17.9 Å². The summed E-state index contributed by atoms with van der Waals surface area (Å²) in [5.41, 5.74) is 0.381. The molecule has 1 N–H and O–H groups in total. The molecule has 1 aliphatic rings. The number of hydrogen-bond donors (Lipinski definition) is 1. The molecule has 0 bridgehead atoms. The molecule has 1 heterocycles. The Kier molecular flexibility index (Phi) is 6.76. The molecule has 8 heteroatoms. The number of benzene rings is 2. The molecule has 156 valence electrons. The van der Waals surface area contributed by atoms with E-state index in [0.717, 1.165) is 30.2 Å². The summed E-state index contributed by atoms with van der Waals surface area (Å²) in [6.07, 6.45) is 1.71. The molecule has 2 aromatic rings. The van der Waals surface area contributed by atoms with E-state index in [-0.39, 0.29) is 23.4 Å².